The molecule has 0 radical (unpaired) electrons. The number of carboxylic acid groups (broad SMARTS) is 1. The van der Waals surface area contributed by atoms with Gasteiger partial charge >= 0.3 is 12.0 Å². The predicted octanol–water partition coefficient (Wildman–Crippen LogP) is 0.116. The van der Waals surface area contributed by atoms with Gasteiger partial charge in [0.25, 0.3) is 0 Å². The van der Waals surface area contributed by atoms with E-state index in [4.69, 9.17) is 9.84 Å². The van der Waals surface area contributed by atoms with Crippen LogP contribution in [0.3, 0.4) is 0 Å². The van der Waals surface area contributed by atoms with E-state index in [-0.39, 0.29) is 12.5 Å². The Morgan fingerprint density at radius 2 is 2.20 bits per heavy atom. The van der Waals surface area contributed by atoms with E-state index in [1.165, 1.54) is 7.11 Å². The lowest BCUT2D eigenvalue weighted by Gasteiger charge is -2.35. The quantitative estimate of drug-likeness (QED) is 0.645. The molecule has 1 fully saturated rings. The lowest BCUT2D eigenvalue weighted by Crippen LogP contribution is -2.54. The summed E-state index contributed by atoms with van der Waals surface area (Å²) in [6.07, 6.45) is 1.13. The first-order chi connectivity index (χ1) is 9.43. The molecule has 3 N–H and O–H groups in total. The van der Waals surface area contributed by atoms with Gasteiger partial charge in [-0.15, -0.1) is 0 Å². The highest BCUT2D eigenvalue weighted by atomic mass is 16.5. The molecule has 0 spiro atoms. The van der Waals surface area contributed by atoms with Gasteiger partial charge in [0.2, 0.25) is 0 Å². The van der Waals surface area contributed by atoms with Crippen molar-refractivity contribution >= 4 is 12.0 Å². The molecular formula is C13H25N3O4. The number of rotatable bonds is 6. The molecule has 1 aliphatic rings. The number of likely N-dealkylation sites (tertiary alicyclic amines) is 1. The van der Waals surface area contributed by atoms with E-state index in [1.807, 2.05) is 0 Å². The highest BCUT2D eigenvalue weighted by molar-refractivity contribution is 5.82. The second-order valence-corrected chi connectivity index (χ2v) is 5.42. The Morgan fingerprint density at radius 1 is 1.50 bits per heavy atom. The second-order valence-electron chi connectivity index (χ2n) is 5.42. The fourth-order valence-corrected chi connectivity index (χ4v) is 2.43. The van der Waals surface area contributed by atoms with Gasteiger partial charge in [-0.2, -0.15) is 0 Å². The van der Waals surface area contributed by atoms with Gasteiger partial charge in [-0.1, -0.05) is 6.92 Å². The maximum absolute atomic E-state index is 11.9. The Hall–Kier alpha value is -1.34. The van der Waals surface area contributed by atoms with Crippen molar-refractivity contribution in [3.63, 3.8) is 0 Å². The van der Waals surface area contributed by atoms with Crippen molar-refractivity contribution in [1.82, 2.24) is 15.5 Å². The van der Waals surface area contributed by atoms with Crippen LogP contribution in [0.25, 0.3) is 0 Å². The molecule has 7 heteroatoms. The summed E-state index contributed by atoms with van der Waals surface area (Å²) in [5.41, 5.74) is 0. The number of amides is 2. The van der Waals surface area contributed by atoms with E-state index < -0.39 is 18.0 Å². The molecule has 0 aliphatic carbocycles. The average Bonchev–Trinajstić information content (AvgIpc) is 2.37. The summed E-state index contributed by atoms with van der Waals surface area (Å²) in [6.45, 7) is 4.24. The van der Waals surface area contributed by atoms with Crippen molar-refractivity contribution in [1.29, 1.82) is 0 Å². The van der Waals surface area contributed by atoms with Crippen molar-refractivity contribution < 1.29 is 19.4 Å². The highest BCUT2D eigenvalue weighted by Crippen LogP contribution is 2.15. The average molecular weight is 287 g/mol. The lowest BCUT2D eigenvalue weighted by molar-refractivity contribution is -0.139. The zero-order valence-electron chi connectivity index (χ0n) is 12.4. The van der Waals surface area contributed by atoms with Gasteiger partial charge in [-0.05, 0) is 25.9 Å². The number of aliphatic carboxylic acids is 1. The predicted molar refractivity (Wildman–Crippen MR) is 74.7 cm³/mol. The Kier molecular flexibility index (Phi) is 6.74. The van der Waals surface area contributed by atoms with Crippen molar-refractivity contribution in [2.75, 3.05) is 33.9 Å². The second kappa shape index (κ2) is 8.06. The van der Waals surface area contributed by atoms with E-state index >= 15 is 0 Å². The van der Waals surface area contributed by atoms with Crippen LogP contribution in [0, 0.1) is 5.92 Å². The molecule has 0 aromatic rings. The van der Waals surface area contributed by atoms with Crippen LogP contribution in [0.5, 0.6) is 0 Å². The summed E-state index contributed by atoms with van der Waals surface area (Å²) in [6, 6.07) is -1.26. The van der Waals surface area contributed by atoms with Gasteiger partial charge < -0.3 is 25.4 Å². The molecule has 1 rings (SSSR count). The molecule has 20 heavy (non-hydrogen) atoms. The zero-order chi connectivity index (χ0) is 15.1. The molecule has 3 unspecified atom stereocenters. The van der Waals surface area contributed by atoms with E-state index in [0.29, 0.717) is 12.5 Å². The minimum atomic E-state index is -1.05. The smallest absolute Gasteiger partial charge is 0.326 e. The van der Waals surface area contributed by atoms with Gasteiger partial charge in [-0.3, -0.25) is 0 Å². The van der Waals surface area contributed by atoms with Crippen LogP contribution in [0.4, 0.5) is 4.79 Å². The number of hydrogen-bond donors (Lipinski definition) is 3. The van der Waals surface area contributed by atoms with Gasteiger partial charge in [0.15, 0.2) is 0 Å². The van der Waals surface area contributed by atoms with Crippen LogP contribution in [0.2, 0.25) is 0 Å². The molecule has 0 aromatic carbocycles. The summed E-state index contributed by atoms with van der Waals surface area (Å²) in [7, 11) is 3.55. The molecule has 0 saturated carbocycles. The lowest BCUT2D eigenvalue weighted by atomic mass is 9.94. The maximum Gasteiger partial charge on any atom is 0.326 e. The number of nitrogens with zero attached hydrogens (tertiary/aromatic N) is 1. The number of piperidine rings is 1. The topological polar surface area (TPSA) is 90.9 Å². The van der Waals surface area contributed by atoms with Gasteiger partial charge in [-0.25, -0.2) is 9.59 Å². The summed E-state index contributed by atoms with van der Waals surface area (Å²) in [4.78, 5) is 25.1. The Labute approximate surface area is 119 Å². The van der Waals surface area contributed by atoms with E-state index in [2.05, 4.69) is 29.5 Å². The molecule has 1 heterocycles. The largest absolute Gasteiger partial charge is 0.480 e. The fraction of sp³-hybridized carbons (Fsp3) is 0.846. The van der Waals surface area contributed by atoms with Crippen molar-refractivity contribution in [3.05, 3.63) is 0 Å². The Balaban J connectivity index is 2.43. The van der Waals surface area contributed by atoms with Crippen molar-refractivity contribution in [3.8, 4) is 0 Å². The van der Waals surface area contributed by atoms with Crippen molar-refractivity contribution in [2.24, 2.45) is 5.92 Å². The fourth-order valence-electron chi connectivity index (χ4n) is 2.43. The summed E-state index contributed by atoms with van der Waals surface area (Å²) < 4.78 is 4.84. The van der Waals surface area contributed by atoms with Crippen LogP contribution in [-0.4, -0.2) is 67.9 Å². The third-order valence-electron chi connectivity index (χ3n) is 3.64. The first kappa shape index (κ1) is 16.7. The van der Waals surface area contributed by atoms with E-state index in [0.717, 1.165) is 19.5 Å². The zero-order valence-corrected chi connectivity index (χ0v) is 12.4. The first-order valence-corrected chi connectivity index (χ1v) is 6.91. The molecule has 2 amide bonds. The van der Waals surface area contributed by atoms with Crippen LogP contribution >= 0.6 is 0 Å². The molecular weight excluding hydrogens is 262 g/mol. The summed E-state index contributed by atoms with van der Waals surface area (Å²) in [5, 5.41) is 14.4. The number of ether oxygens (including phenoxy) is 1. The molecule has 1 saturated heterocycles. The molecule has 7 nitrogen and oxygen atoms in total. The van der Waals surface area contributed by atoms with Gasteiger partial charge in [0.1, 0.15) is 6.04 Å². The SMILES string of the molecule is COCCC(NC(=O)NC1CCN(C)CC1C)C(=O)O. The Bertz CT molecular complexity index is 338. The number of carbonyl (C=O) groups excluding carboxylic acids is 1. The normalized spacial score (nSPS) is 24.9. The Morgan fingerprint density at radius 3 is 2.75 bits per heavy atom. The minimum absolute atomic E-state index is 0.0862. The van der Waals surface area contributed by atoms with Crippen molar-refractivity contribution in [2.45, 2.75) is 31.8 Å². The third kappa shape index (κ3) is 5.34. The standard InChI is InChI=1S/C13H25N3O4/c1-9-8-16(2)6-4-10(9)14-13(19)15-11(12(17)18)5-7-20-3/h9-11H,4-8H2,1-3H3,(H,17,18)(H2,14,15,19). The van der Waals surface area contributed by atoms with E-state index in [9.17, 15) is 9.59 Å². The highest BCUT2D eigenvalue weighted by Gasteiger charge is 2.27. The molecule has 0 aromatic heterocycles. The molecule has 3 atom stereocenters. The number of hydrogen-bond acceptors (Lipinski definition) is 4. The number of nitrogens with one attached hydrogen (secondary N) is 2. The van der Waals surface area contributed by atoms with Crippen LogP contribution < -0.4 is 10.6 Å². The summed E-state index contributed by atoms with van der Waals surface area (Å²) in [5.74, 6) is -0.699. The minimum Gasteiger partial charge on any atom is -0.480 e. The number of carboxylic acids is 1. The first-order valence-electron chi connectivity index (χ1n) is 6.91. The number of urea groups is 1. The van der Waals surface area contributed by atoms with Gasteiger partial charge in [0, 0.05) is 32.7 Å². The van der Waals surface area contributed by atoms with E-state index in [1.54, 1.807) is 0 Å². The number of carbonyl (C=O) groups is 2. The third-order valence-corrected chi connectivity index (χ3v) is 3.64. The monoisotopic (exact) mass is 287 g/mol. The molecule has 0 bridgehead atoms. The van der Waals surface area contributed by atoms with Crippen LogP contribution in [0.1, 0.15) is 19.8 Å². The molecule has 1 aliphatic heterocycles. The van der Waals surface area contributed by atoms with Crippen LogP contribution in [-0.2, 0) is 9.53 Å². The number of methoxy groups -OCH3 is 1. The molecule has 116 valence electrons. The summed E-state index contributed by atoms with van der Waals surface area (Å²) >= 11 is 0. The van der Waals surface area contributed by atoms with Crippen LogP contribution in [0.15, 0.2) is 0 Å². The maximum atomic E-state index is 11.9. The van der Waals surface area contributed by atoms with Gasteiger partial charge in [0.05, 0.1) is 0 Å².